The van der Waals surface area contributed by atoms with Crippen molar-refractivity contribution in [2.45, 2.75) is 58.1 Å². The largest absolute Gasteiger partial charge is 0.478 e. The lowest BCUT2D eigenvalue weighted by Gasteiger charge is -2.26. The van der Waals surface area contributed by atoms with Gasteiger partial charge in [-0.3, -0.25) is 4.79 Å². The van der Waals surface area contributed by atoms with Gasteiger partial charge >= 0.3 is 5.97 Å². The molecule has 1 fully saturated rings. The zero-order valence-corrected chi connectivity index (χ0v) is 11.9. The highest BCUT2D eigenvalue weighted by molar-refractivity contribution is 5.90. The van der Waals surface area contributed by atoms with Crippen LogP contribution in [0.4, 0.5) is 0 Å². The minimum Gasteiger partial charge on any atom is -0.478 e. The van der Waals surface area contributed by atoms with E-state index in [1.54, 1.807) is 13.8 Å². The first-order chi connectivity index (χ1) is 9.43. The number of aliphatic hydroxyl groups is 1. The fraction of sp³-hybridized carbons (Fsp3) is 0.600. The maximum Gasteiger partial charge on any atom is 0.337 e. The van der Waals surface area contributed by atoms with Gasteiger partial charge in [-0.1, -0.05) is 19.3 Å². The molecule has 2 atom stereocenters. The van der Waals surface area contributed by atoms with Gasteiger partial charge in [0.15, 0.2) is 0 Å². The third-order valence-electron chi connectivity index (χ3n) is 4.18. The first-order valence-electron chi connectivity index (χ1n) is 7.07. The summed E-state index contributed by atoms with van der Waals surface area (Å²) in [5, 5.41) is 19.5. The van der Waals surface area contributed by atoms with Gasteiger partial charge in [0.05, 0.1) is 17.7 Å². The summed E-state index contributed by atoms with van der Waals surface area (Å²) in [4.78, 5) is 23.6. The zero-order chi connectivity index (χ0) is 14.9. The second-order valence-corrected chi connectivity index (χ2v) is 5.57. The van der Waals surface area contributed by atoms with Gasteiger partial charge in [-0.25, -0.2) is 4.79 Å². The molecule has 0 bridgehead atoms. The third-order valence-corrected chi connectivity index (χ3v) is 4.18. The van der Waals surface area contributed by atoms with E-state index in [2.05, 4.69) is 0 Å². The molecule has 20 heavy (non-hydrogen) atoms. The maximum absolute atomic E-state index is 12.3. The monoisotopic (exact) mass is 279 g/mol. The predicted octanol–water partition coefficient (Wildman–Crippen LogP) is 2.03. The molecule has 1 heterocycles. The number of aromatic carboxylic acids is 1. The second kappa shape index (κ2) is 5.79. The highest BCUT2D eigenvalue weighted by Gasteiger charge is 2.27. The summed E-state index contributed by atoms with van der Waals surface area (Å²) < 4.78 is 1.48. The minimum atomic E-state index is -1.03. The molecule has 1 aliphatic carbocycles. The van der Waals surface area contributed by atoms with Gasteiger partial charge in [-0.05, 0) is 32.3 Å². The van der Waals surface area contributed by atoms with E-state index in [1.807, 2.05) is 0 Å². The van der Waals surface area contributed by atoms with Crippen LogP contribution in [0.1, 0.15) is 59.8 Å². The molecule has 1 aromatic heterocycles. The lowest BCUT2D eigenvalue weighted by Crippen LogP contribution is -2.34. The molecule has 2 unspecified atom stereocenters. The molecule has 1 aromatic rings. The number of pyridine rings is 1. The number of carbonyl (C=O) groups is 1. The van der Waals surface area contributed by atoms with Crippen molar-refractivity contribution < 1.29 is 15.0 Å². The SMILES string of the molecule is Cc1cc(=O)n(C2CCCCCC2O)c(C)c1C(=O)O. The molecule has 0 aliphatic heterocycles. The average molecular weight is 279 g/mol. The van der Waals surface area contributed by atoms with Crippen molar-refractivity contribution in [1.29, 1.82) is 0 Å². The molecule has 5 heteroatoms. The third kappa shape index (κ3) is 2.63. The van der Waals surface area contributed by atoms with Gasteiger partial charge in [0.25, 0.3) is 5.56 Å². The number of carboxylic acid groups (broad SMARTS) is 1. The Bertz CT molecular complexity index is 576. The summed E-state index contributed by atoms with van der Waals surface area (Å²) in [7, 11) is 0. The molecule has 0 aromatic carbocycles. The molecule has 0 saturated heterocycles. The summed E-state index contributed by atoms with van der Waals surface area (Å²) in [6.07, 6.45) is 3.72. The van der Waals surface area contributed by atoms with Crippen molar-refractivity contribution in [2.24, 2.45) is 0 Å². The highest BCUT2D eigenvalue weighted by Crippen LogP contribution is 2.28. The summed E-state index contributed by atoms with van der Waals surface area (Å²) in [5.41, 5.74) is 0.852. The number of hydrogen-bond donors (Lipinski definition) is 2. The van der Waals surface area contributed by atoms with E-state index < -0.39 is 12.1 Å². The van der Waals surface area contributed by atoms with Crippen molar-refractivity contribution in [3.8, 4) is 0 Å². The van der Waals surface area contributed by atoms with Crippen LogP contribution in [0.15, 0.2) is 10.9 Å². The highest BCUT2D eigenvalue weighted by atomic mass is 16.4. The number of aryl methyl sites for hydroxylation is 1. The smallest absolute Gasteiger partial charge is 0.337 e. The lowest BCUT2D eigenvalue weighted by molar-refractivity contribution is 0.0689. The Balaban J connectivity index is 2.58. The number of rotatable bonds is 2. The number of aromatic nitrogens is 1. The summed E-state index contributed by atoms with van der Waals surface area (Å²) in [5.74, 6) is -1.03. The summed E-state index contributed by atoms with van der Waals surface area (Å²) in [6, 6.07) is 1.04. The number of carboxylic acids is 1. The standard InChI is InChI=1S/C15H21NO4/c1-9-8-13(18)16(10(2)14(9)15(19)20)11-6-4-3-5-7-12(11)17/h8,11-12,17H,3-7H2,1-2H3,(H,19,20). The van der Waals surface area contributed by atoms with Gasteiger partial charge in [-0.15, -0.1) is 0 Å². The molecule has 0 amide bonds. The van der Waals surface area contributed by atoms with E-state index in [0.29, 0.717) is 24.1 Å². The van der Waals surface area contributed by atoms with Crippen molar-refractivity contribution in [2.75, 3.05) is 0 Å². The van der Waals surface area contributed by atoms with Crippen LogP contribution in [0.5, 0.6) is 0 Å². The maximum atomic E-state index is 12.3. The van der Waals surface area contributed by atoms with E-state index in [0.717, 1.165) is 19.3 Å². The lowest BCUT2D eigenvalue weighted by atomic mass is 10.0. The molecule has 2 rings (SSSR count). The fourth-order valence-corrected chi connectivity index (χ4v) is 3.20. The van der Waals surface area contributed by atoms with Gasteiger partial charge < -0.3 is 14.8 Å². The number of nitrogens with zero attached hydrogens (tertiary/aromatic N) is 1. The van der Waals surface area contributed by atoms with Gasteiger partial charge in [0, 0.05) is 11.8 Å². The Morgan fingerprint density at radius 2 is 1.90 bits per heavy atom. The van der Waals surface area contributed by atoms with Crippen LogP contribution in [-0.2, 0) is 0 Å². The first-order valence-corrected chi connectivity index (χ1v) is 7.07. The van der Waals surface area contributed by atoms with E-state index in [9.17, 15) is 19.8 Å². The molecule has 0 spiro atoms. The quantitative estimate of drug-likeness (QED) is 0.812. The van der Waals surface area contributed by atoms with E-state index >= 15 is 0 Å². The van der Waals surface area contributed by atoms with Crippen LogP contribution in [0, 0.1) is 13.8 Å². The van der Waals surface area contributed by atoms with Gasteiger partial charge in [-0.2, -0.15) is 0 Å². The molecular weight excluding hydrogens is 258 g/mol. The van der Waals surface area contributed by atoms with Crippen LogP contribution >= 0.6 is 0 Å². The molecule has 1 aliphatic rings. The van der Waals surface area contributed by atoms with Crippen molar-refractivity contribution in [3.05, 3.63) is 33.2 Å². The Labute approximate surface area is 117 Å². The Morgan fingerprint density at radius 1 is 1.25 bits per heavy atom. The summed E-state index contributed by atoms with van der Waals surface area (Å²) in [6.45, 7) is 3.28. The van der Waals surface area contributed by atoms with Crippen LogP contribution in [0.3, 0.4) is 0 Å². The van der Waals surface area contributed by atoms with Crippen LogP contribution in [0.2, 0.25) is 0 Å². The second-order valence-electron chi connectivity index (χ2n) is 5.57. The Morgan fingerprint density at radius 3 is 2.55 bits per heavy atom. The fourth-order valence-electron chi connectivity index (χ4n) is 3.20. The first kappa shape index (κ1) is 14.8. The minimum absolute atomic E-state index is 0.168. The zero-order valence-electron chi connectivity index (χ0n) is 11.9. The molecular formula is C15H21NO4. The van der Waals surface area contributed by atoms with Crippen molar-refractivity contribution >= 4 is 5.97 Å². The molecule has 0 radical (unpaired) electrons. The summed E-state index contributed by atoms with van der Waals surface area (Å²) >= 11 is 0. The predicted molar refractivity (Wildman–Crippen MR) is 75.3 cm³/mol. The molecule has 2 N–H and O–H groups in total. The van der Waals surface area contributed by atoms with E-state index in [-0.39, 0.29) is 17.2 Å². The average Bonchev–Trinajstić information content (AvgIpc) is 2.54. The number of aliphatic hydroxyl groups excluding tert-OH is 1. The molecule has 1 saturated carbocycles. The van der Waals surface area contributed by atoms with Gasteiger partial charge in [0.1, 0.15) is 0 Å². The van der Waals surface area contributed by atoms with Crippen LogP contribution < -0.4 is 5.56 Å². The van der Waals surface area contributed by atoms with Gasteiger partial charge in [0.2, 0.25) is 0 Å². The molecule has 5 nitrogen and oxygen atoms in total. The Kier molecular flexibility index (Phi) is 4.28. The van der Waals surface area contributed by atoms with Crippen molar-refractivity contribution in [1.82, 2.24) is 4.57 Å². The topological polar surface area (TPSA) is 79.5 Å². The van der Waals surface area contributed by atoms with Crippen LogP contribution in [0.25, 0.3) is 0 Å². The van der Waals surface area contributed by atoms with Crippen molar-refractivity contribution in [3.63, 3.8) is 0 Å². The van der Waals surface area contributed by atoms with E-state index in [4.69, 9.17) is 0 Å². The molecule has 110 valence electrons. The normalized spacial score (nSPS) is 23.4. The van der Waals surface area contributed by atoms with Crippen LogP contribution in [-0.4, -0.2) is 26.9 Å². The number of hydrogen-bond acceptors (Lipinski definition) is 3. The Hall–Kier alpha value is -1.62. The van der Waals surface area contributed by atoms with E-state index in [1.165, 1.54) is 10.6 Å².